The molecule has 2 aromatic carbocycles. The zero-order valence-corrected chi connectivity index (χ0v) is 33.6. The van der Waals surface area contributed by atoms with Crippen molar-refractivity contribution in [2.75, 3.05) is 40.4 Å². The van der Waals surface area contributed by atoms with Crippen molar-refractivity contribution >= 4 is 35.4 Å². The van der Waals surface area contributed by atoms with Crippen LogP contribution < -0.4 is 26.0 Å². The van der Waals surface area contributed by atoms with Crippen molar-refractivity contribution in [2.45, 2.75) is 107 Å². The minimum atomic E-state index is -3.17. The second-order valence-corrected chi connectivity index (χ2v) is 15.6. The Bertz CT molecular complexity index is 1750. The average molecular weight is 807 g/mol. The Hall–Kier alpha value is -5.06. The summed E-state index contributed by atoms with van der Waals surface area (Å²) >= 11 is 0. The number of hydrogen-bond donors (Lipinski definition) is 6. The molecule has 0 radical (unpaired) electrons. The highest BCUT2D eigenvalue weighted by Gasteiger charge is 2.48. The van der Waals surface area contributed by atoms with Crippen LogP contribution >= 0.6 is 0 Å². The molecule has 6 amide bonds. The molecule has 4 bridgehead atoms. The first kappa shape index (κ1) is 44.1. The van der Waals surface area contributed by atoms with Gasteiger partial charge in [0.25, 0.3) is 11.7 Å². The van der Waals surface area contributed by atoms with Crippen molar-refractivity contribution in [3.05, 3.63) is 65.7 Å². The van der Waals surface area contributed by atoms with Crippen molar-refractivity contribution in [1.29, 1.82) is 0 Å². The highest BCUT2D eigenvalue weighted by Crippen LogP contribution is 2.31. The van der Waals surface area contributed by atoms with Crippen LogP contribution in [0, 0.1) is 5.92 Å². The fraction of sp³-hybridized carbons (Fsp3) is 0.571. The van der Waals surface area contributed by atoms with Gasteiger partial charge in [0.15, 0.2) is 0 Å². The maximum Gasteiger partial charge on any atom is 0.282 e. The SMILES string of the molecule is CCC[C@H](NC(=O)[C@@H]1CC2CN1C(=O)[C@H](C1CCCCC1)NC(=O)CCc1cccc(c1)OCCO2)C(O)(O)C(=O)NCC(=O)N[C@H](C(=O)N(C)C)c1ccccc1. The monoisotopic (exact) mass is 806 g/mol. The largest absolute Gasteiger partial charge is 0.491 e. The van der Waals surface area contributed by atoms with Crippen molar-refractivity contribution in [1.82, 2.24) is 31.1 Å². The number of rotatable bonds is 12. The van der Waals surface area contributed by atoms with Crippen LogP contribution in [-0.2, 0) is 39.9 Å². The molecule has 5 rings (SSSR count). The lowest BCUT2D eigenvalue weighted by Gasteiger charge is -2.36. The molecular weight excluding hydrogens is 748 g/mol. The molecule has 1 aliphatic carbocycles. The smallest absolute Gasteiger partial charge is 0.282 e. The van der Waals surface area contributed by atoms with Crippen LogP contribution in [-0.4, -0.2) is 126 Å². The molecule has 58 heavy (non-hydrogen) atoms. The van der Waals surface area contributed by atoms with Gasteiger partial charge in [-0.2, -0.15) is 0 Å². The number of benzene rings is 2. The van der Waals surface area contributed by atoms with E-state index < -0.39 is 72.1 Å². The van der Waals surface area contributed by atoms with Crippen LogP contribution in [0.3, 0.4) is 0 Å². The first-order chi connectivity index (χ1) is 27.8. The van der Waals surface area contributed by atoms with E-state index >= 15 is 0 Å². The molecule has 316 valence electrons. The van der Waals surface area contributed by atoms with Crippen LogP contribution in [0.25, 0.3) is 0 Å². The molecule has 2 fully saturated rings. The third-order valence-electron chi connectivity index (χ3n) is 11.0. The predicted octanol–water partition coefficient (Wildman–Crippen LogP) is 1.09. The van der Waals surface area contributed by atoms with E-state index in [9.17, 15) is 39.0 Å². The third-order valence-corrected chi connectivity index (χ3v) is 11.0. The van der Waals surface area contributed by atoms with Crippen LogP contribution in [0.15, 0.2) is 54.6 Å². The summed E-state index contributed by atoms with van der Waals surface area (Å²) in [6.45, 7) is 1.45. The number of nitrogens with zero attached hydrogens (tertiary/aromatic N) is 2. The lowest BCUT2D eigenvalue weighted by atomic mass is 9.83. The number of aryl methyl sites for hydroxylation is 1. The van der Waals surface area contributed by atoms with E-state index in [-0.39, 0.29) is 50.8 Å². The van der Waals surface area contributed by atoms with Gasteiger partial charge >= 0.3 is 0 Å². The number of fused-ring (bicyclic) bond motifs is 4. The average Bonchev–Trinajstić information content (AvgIpc) is 3.66. The first-order valence-corrected chi connectivity index (χ1v) is 20.3. The summed E-state index contributed by atoms with van der Waals surface area (Å²) in [5.41, 5.74) is 1.43. The van der Waals surface area contributed by atoms with Crippen molar-refractivity contribution < 1.29 is 48.5 Å². The van der Waals surface area contributed by atoms with E-state index in [0.29, 0.717) is 24.2 Å². The normalized spacial score (nSPS) is 21.8. The Morgan fingerprint density at radius 3 is 2.41 bits per heavy atom. The molecule has 16 heteroatoms. The number of ether oxygens (including phenoxy) is 2. The molecule has 5 atom stereocenters. The van der Waals surface area contributed by atoms with E-state index in [4.69, 9.17) is 9.47 Å². The van der Waals surface area contributed by atoms with Crippen molar-refractivity contribution in [3.8, 4) is 5.75 Å². The van der Waals surface area contributed by atoms with Gasteiger partial charge in [-0.1, -0.05) is 75.1 Å². The Morgan fingerprint density at radius 1 is 0.966 bits per heavy atom. The fourth-order valence-electron chi connectivity index (χ4n) is 7.89. The Kier molecular flexibility index (Phi) is 15.6. The van der Waals surface area contributed by atoms with E-state index in [2.05, 4.69) is 21.3 Å². The lowest BCUT2D eigenvalue weighted by molar-refractivity contribution is -0.197. The van der Waals surface area contributed by atoms with E-state index in [0.717, 1.165) is 37.7 Å². The summed E-state index contributed by atoms with van der Waals surface area (Å²) in [6.07, 6.45) is 4.67. The summed E-state index contributed by atoms with van der Waals surface area (Å²) in [5.74, 6) is -6.65. The maximum absolute atomic E-state index is 14.5. The molecule has 0 aromatic heterocycles. The quantitative estimate of drug-likeness (QED) is 0.168. The summed E-state index contributed by atoms with van der Waals surface area (Å²) in [5, 5.41) is 32.9. The molecule has 1 saturated carbocycles. The van der Waals surface area contributed by atoms with Crippen LogP contribution in [0.1, 0.15) is 81.9 Å². The molecule has 2 aromatic rings. The van der Waals surface area contributed by atoms with Gasteiger partial charge in [0.1, 0.15) is 30.5 Å². The number of hydrogen-bond acceptors (Lipinski definition) is 10. The molecule has 2 aliphatic heterocycles. The van der Waals surface area contributed by atoms with E-state index in [1.165, 1.54) is 23.9 Å². The number of amides is 6. The van der Waals surface area contributed by atoms with E-state index in [1.54, 1.807) is 37.3 Å². The second-order valence-electron chi connectivity index (χ2n) is 15.6. The lowest BCUT2D eigenvalue weighted by Crippen LogP contribution is -2.63. The molecule has 6 N–H and O–H groups in total. The Labute approximate surface area is 339 Å². The summed E-state index contributed by atoms with van der Waals surface area (Å²) in [7, 11) is 3.08. The molecule has 2 heterocycles. The van der Waals surface area contributed by atoms with Gasteiger partial charge in [-0.3, -0.25) is 28.8 Å². The molecule has 3 aliphatic rings. The van der Waals surface area contributed by atoms with Crippen LogP contribution in [0.4, 0.5) is 0 Å². The maximum atomic E-state index is 14.5. The van der Waals surface area contributed by atoms with Crippen LogP contribution in [0.2, 0.25) is 0 Å². The molecule has 0 spiro atoms. The van der Waals surface area contributed by atoms with Crippen molar-refractivity contribution in [2.24, 2.45) is 5.92 Å². The van der Waals surface area contributed by atoms with Gasteiger partial charge in [0.2, 0.25) is 29.5 Å². The third kappa shape index (κ3) is 11.5. The van der Waals surface area contributed by atoms with Gasteiger partial charge in [0, 0.05) is 33.5 Å². The molecule has 1 unspecified atom stereocenters. The minimum absolute atomic E-state index is 0.0449. The number of carbonyl (C=O) groups excluding carboxylic acids is 6. The molecule has 16 nitrogen and oxygen atoms in total. The number of nitrogens with one attached hydrogen (secondary N) is 4. The zero-order chi connectivity index (χ0) is 41.8. The van der Waals surface area contributed by atoms with Gasteiger partial charge < -0.3 is 50.8 Å². The fourth-order valence-corrected chi connectivity index (χ4v) is 7.89. The van der Waals surface area contributed by atoms with Crippen molar-refractivity contribution in [3.63, 3.8) is 0 Å². The second kappa shape index (κ2) is 20.6. The van der Waals surface area contributed by atoms with Gasteiger partial charge in [-0.05, 0) is 54.9 Å². The highest BCUT2D eigenvalue weighted by molar-refractivity contribution is 5.95. The first-order valence-electron chi connectivity index (χ1n) is 20.3. The Morgan fingerprint density at radius 2 is 1.71 bits per heavy atom. The standard InChI is InChI=1S/C42H58N6O10/c1-4-12-33(42(55,56)41(54)43-25-35(50)46-36(39(52)47(2)3)28-14-7-5-8-15-28)44-38(51)32-24-31-26-48(32)40(53)37(29-16-9-6-10-17-29)45-34(49)20-19-27-13-11-18-30(23-27)57-21-22-58-31/h5,7-8,11,13-15,18,23,29,31-33,36-37,55-56H,4,6,9-10,12,16-17,19-22,24-26H2,1-3H3,(H,43,54)(H,44,51)(H,45,49)(H,46,50)/t31?,32-,33-,36-,37-/m0/s1. The number of carbonyl (C=O) groups is 6. The summed E-state index contributed by atoms with van der Waals surface area (Å²) < 4.78 is 12.0. The van der Waals surface area contributed by atoms with E-state index in [1.807, 2.05) is 24.3 Å². The molecule has 1 saturated heterocycles. The number of aliphatic hydroxyl groups is 2. The molecular formula is C42H58N6O10. The summed E-state index contributed by atoms with van der Waals surface area (Å²) in [4.78, 5) is 84.0. The predicted molar refractivity (Wildman–Crippen MR) is 212 cm³/mol. The Balaban J connectivity index is 1.30. The summed E-state index contributed by atoms with van der Waals surface area (Å²) in [6, 6.07) is 11.4. The zero-order valence-electron chi connectivity index (χ0n) is 33.6. The van der Waals surface area contributed by atoms with Gasteiger partial charge in [0.05, 0.1) is 25.3 Å². The highest BCUT2D eigenvalue weighted by atomic mass is 16.5. The number of likely N-dealkylation sites (N-methyl/N-ethyl adjacent to an activating group) is 1. The van der Waals surface area contributed by atoms with Gasteiger partial charge in [-0.15, -0.1) is 0 Å². The topological polar surface area (TPSA) is 216 Å². The van der Waals surface area contributed by atoms with Crippen LogP contribution in [0.5, 0.6) is 5.75 Å². The van der Waals surface area contributed by atoms with Gasteiger partial charge in [-0.25, -0.2) is 0 Å². The minimum Gasteiger partial charge on any atom is -0.491 e.